The number of likely N-dealkylation sites (tertiary alicyclic amines) is 1. The first-order valence-corrected chi connectivity index (χ1v) is 9.50. The van der Waals surface area contributed by atoms with Gasteiger partial charge in [0.15, 0.2) is 9.84 Å². The van der Waals surface area contributed by atoms with E-state index in [1.54, 1.807) is 11.0 Å². The van der Waals surface area contributed by atoms with Gasteiger partial charge in [0, 0.05) is 31.1 Å². The van der Waals surface area contributed by atoms with E-state index in [9.17, 15) is 13.2 Å². The molecular weight excluding hydrogens is 312 g/mol. The van der Waals surface area contributed by atoms with Crippen LogP contribution in [0.3, 0.4) is 0 Å². The number of fused-ring (bicyclic) bond motifs is 1. The first kappa shape index (κ1) is 16.2. The molecule has 0 N–H and O–H groups in total. The Hall–Kier alpha value is -1.66. The van der Waals surface area contributed by atoms with Gasteiger partial charge in [0.25, 0.3) is 0 Å². The molecule has 1 aromatic rings. The number of sulfone groups is 1. The highest BCUT2D eigenvalue weighted by Crippen LogP contribution is 2.36. The zero-order chi connectivity index (χ0) is 16.6. The summed E-state index contributed by atoms with van der Waals surface area (Å²) in [5.41, 5.74) is 0.957. The Morgan fingerprint density at radius 2 is 1.91 bits per heavy atom. The van der Waals surface area contributed by atoms with Crippen LogP contribution in [0.15, 0.2) is 36.4 Å². The average molecular weight is 334 g/mol. The number of hydrogen-bond acceptors (Lipinski definition) is 4. The molecule has 5 nitrogen and oxygen atoms in total. The van der Waals surface area contributed by atoms with Gasteiger partial charge in [-0.3, -0.25) is 4.79 Å². The van der Waals surface area contributed by atoms with Gasteiger partial charge < -0.3 is 9.80 Å². The van der Waals surface area contributed by atoms with Gasteiger partial charge in [0.05, 0.1) is 11.0 Å². The molecule has 2 aliphatic rings. The highest BCUT2D eigenvalue weighted by Gasteiger charge is 2.53. The molecule has 3 atom stereocenters. The Balaban J connectivity index is 1.72. The zero-order valence-electron chi connectivity index (χ0n) is 13.4. The van der Waals surface area contributed by atoms with Crippen LogP contribution in [-0.4, -0.2) is 68.4 Å². The van der Waals surface area contributed by atoms with E-state index in [1.165, 1.54) is 6.08 Å². The minimum Gasteiger partial charge on any atom is -0.337 e. The first-order valence-electron chi connectivity index (χ1n) is 7.78. The topological polar surface area (TPSA) is 57.7 Å². The van der Waals surface area contributed by atoms with E-state index in [0.29, 0.717) is 13.1 Å². The van der Waals surface area contributed by atoms with Gasteiger partial charge in [-0.2, -0.15) is 0 Å². The lowest BCUT2D eigenvalue weighted by Gasteiger charge is -2.24. The summed E-state index contributed by atoms with van der Waals surface area (Å²) in [5, 5.41) is -0.413. The molecule has 2 aliphatic heterocycles. The Morgan fingerprint density at radius 1 is 1.22 bits per heavy atom. The number of amides is 1. The zero-order valence-corrected chi connectivity index (χ0v) is 14.2. The second-order valence-electron chi connectivity index (χ2n) is 6.55. The lowest BCUT2D eigenvalue weighted by Crippen LogP contribution is -2.38. The quantitative estimate of drug-likeness (QED) is 0.770. The van der Waals surface area contributed by atoms with E-state index >= 15 is 0 Å². The third-order valence-electron chi connectivity index (χ3n) is 4.86. The van der Waals surface area contributed by atoms with Gasteiger partial charge >= 0.3 is 0 Å². The van der Waals surface area contributed by atoms with E-state index in [1.807, 2.05) is 49.3 Å². The fourth-order valence-electron chi connectivity index (χ4n) is 3.58. The molecule has 2 fully saturated rings. The van der Waals surface area contributed by atoms with Crippen LogP contribution in [0.5, 0.6) is 0 Å². The number of nitrogens with zero attached hydrogens (tertiary/aromatic N) is 2. The summed E-state index contributed by atoms with van der Waals surface area (Å²) in [6.07, 6.45) is 3.31. The van der Waals surface area contributed by atoms with Crippen LogP contribution in [-0.2, 0) is 14.6 Å². The van der Waals surface area contributed by atoms with Crippen molar-refractivity contribution < 1.29 is 13.2 Å². The number of benzene rings is 1. The fraction of sp³-hybridized carbons (Fsp3) is 0.471. The monoisotopic (exact) mass is 334 g/mol. The van der Waals surface area contributed by atoms with Gasteiger partial charge in [-0.05, 0) is 25.7 Å². The van der Waals surface area contributed by atoms with Crippen LogP contribution in [0, 0.1) is 5.92 Å². The van der Waals surface area contributed by atoms with Crippen LogP contribution < -0.4 is 0 Å². The van der Waals surface area contributed by atoms with E-state index < -0.39 is 15.1 Å². The summed E-state index contributed by atoms with van der Waals surface area (Å²) in [7, 11) is 0.699. The minimum absolute atomic E-state index is 0.000836. The maximum atomic E-state index is 12.4. The molecule has 3 rings (SSSR count). The molecule has 23 heavy (non-hydrogen) atoms. The molecule has 2 saturated heterocycles. The fourth-order valence-corrected chi connectivity index (χ4v) is 6.06. The van der Waals surface area contributed by atoms with Crippen molar-refractivity contribution in [2.45, 2.75) is 11.3 Å². The molecule has 6 heteroatoms. The van der Waals surface area contributed by atoms with Crippen molar-refractivity contribution in [2.24, 2.45) is 5.92 Å². The smallest absolute Gasteiger partial charge is 0.246 e. The standard InChI is InChI=1S/C17H22N2O3S/c1-18(2)15-12-23(21,22)16-11-19(10-14(15)16)17(20)9-8-13-6-4-3-5-7-13/h3-9,14-16H,10-12H2,1-2H3/b9-8+/t14-,15+,16-/m0/s1. The Labute approximate surface area is 137 Å². The SMILES string of the molecule is CN(C)[C@@H]1CS(=O)(=O)[C@H]2CN(C(=O)/C=C/c3ccccc3)C[C@@H]12. The van der Waals surface area contributed by atoms with Crippen molar-refractivity contribution in [3.63, 3.8) is 0 Å². The molecule has 0 spiro atoms. The van der Waals surface area contributed by atoms with Crippen molar-refractivity contribution in [3.05, 3.63) is 42.0 Å². The number of hydrogen-bond donors (Lipinski definition) is 0. The van der Waals surface area contributed by atoms with Crippen LogP contribution in [0.2, 0.25) is 0 Å². The van der Waals surface area contributed by atoms with Crippen molar-refractivity contribution in [1.29, 1.82) is 0 Å². The summed E-state index contributed by atoms with van der Waals surface area (Å²) < 4.78 is 24.6. The predicted molar refractivity (Wildman–Crippen MR) is 90.6 cm³/mol. The van der Waals surface area contributed by atoms with Gasteiger partial charge in [-0.1, -0.05) is 30.3 Å². The molecule has 0 radical (unpaired) electrons. The van der Waals surface area contributed by atoms with Gasteiger partial charge in [0.2, 0.25) is 5.91 Å². The Bertz CT molecular complexity index is 713. The second-order valence-corrected chi connectivity index (χ2v) is 8.81. The predicted octanol–water partition coefficient (Wildman–Crippen LogP) is 0.885. The normalized spacial score (nSPS) is 29.3. The highest BCUT2D eigenvalue weighted by molar-refractivity contribution is 7.92. The summed E-state index contributed by atoms with van der Waals surface area (Å²) in [6, 6.07) is 9.61. The molecule has 124 valence electrons. The molecule has 1 aromatic carbocycles. The third-order valence-corrected chi connectivity index (χ3v) is 7.09. The van der Waals surface area contributed by atoms with E-state index in [-0.39, 0.29) is 23.6 Å². The molecule has 1 amide bonds. The molecule has 0 saturated carbocycles. The van der Waals surface area contributed by atoms with Crippen molar-refractivity contribution in [3.8, 4) is 0 Å². The largest absolute Gasteiger partial charge is 0.337 e. The Kier molecular flexibility index (Phi) is 4.29. The average Bonchev–Trinajstić information content (AvgIpc) is 3.06. The van der Waals surface area contributed by atoms with Gasteiger partial charge in [0.1, 0.15) is 0 Å². The van der Waals surface area contributed by atoms with Gasteiger partial charge in [-0.25, -0.2) is 8.42 Å². The molecule has 0 aromatic heterocycles. The summed E-state index contributed by atoms with van der Waals surface area (Å²) in [4.78, 5) is 16.0. The van der Waals surface area contributed by atoms with Crippen LogP contribution >= 0.6 is 0 Å². The van der Waals surface area contributed by atoms with E-state index in [2.05, 4.69) is 0 Å². The van der Waals surface area contributed by atoms with E-state index in [4.69, 9.17) is 0 Å². The van der Waals surface area contributed by atoms with Crippen molar-refractivity contribution >= 4 is 21.8 Å². The maximum absolute atomic E-state index is 12.4. The molecule has 0 aliphatic carbocycles. The van der Waals surface area contributed by atoms with Crippen LogP contribution in [0.4, 0.5) is 0 Å². The van der Waals surface area contributed by atoms with Crippen LogP contribution in [0.25, 0.3) is 6.08 Å². The van der Waals surface area contributed by atoms with E-state index in [0.717, 1.165) is 5.56 Å². The Morgan fingerprint density at radius 3 is 2.57 bits per heavy atom. The highest BCUT2D eigenvalue weighted by atomic mass is 32.2. The maximum Gasteiger partial charge on any atom is 0.246 e. The molecular formula is C17H22N2O3S. The van der Waals surface area contributed by atoms with Crippen molar-refractivity contribution in [1.82, 2.24) is 9.80 Å². The summed E-state index contributed by atoms with van der Waals surface area (Å²) in [6.45, 7) is 0.833. The molecule has 0 bridgehead atoms. The molecule has 0 unspecified atom stereocenters. The second kappa shape index (κ2) is 6.09. The third kappa shape index (κ3) is 3.19. The van der Waals surface area contributed by atoms with Crippen LogP contribution in [0.1, 0.15) is 5.56 Å². The lowest BCUT2D eigenvalue weighted by molar-refractivity contribution is -0.125. The number of carbonyl (C=O) groups excluding carboxylic acids is 1. The molecule has 2 heterocycles. The summed E-state index contributed by atoms with van der Waals surface area (Å²) >= 11 is 0. The minimum atomic E-state index is -3.11. The van der Waals surface area contributed by atoms with Gasteiger partial charge in [-0.15, -0.1) is 0 Å². The van der Waals surface area contributed by atoms with Crippen molar-refractivity contribution in [2.75, 3.05) is 32.9 Å². The summed E-state index contributed by atoms with van der Waals surface area (Å²) in [5.74, 6) is 0.108. The lowest BCUT2D eigenvalue weighted by atomic mass is 10.00. The first-order chi connectivity index (χ1) is 10.9. The number of rotatable bonds is 3. The number of carbonyl (C=O) groups is 1.